The molecule has 158 valence electrons. The van der Waals surface area contributed by atoms with Crippen molar-refractivity contribution in [2.45, 2.75) is 0 Å². The summed E-state index contributed by atoms with van der Waals surface area (Å²) >= 11 is 1.58. The van der Waals surface area contributed by atoms with E-state index in [-0.39, 0.29) is 5.91 Å². The van der Waals surface area contributed by atoms with Crippen LogP contribution in [0.1, 0.15) is 5.56 Å². The predicted molar refractivity (Wildman–Crippen MR) is 126 cm³/mol. The Morgan fingerprint density at radius 1 is 0.969 bits per heavy atom. The van der Waals surface area contributed by atoms with Crippen molar-refractivity contribution in [2.75, 3.05) is 18.5 Å². The number of thiazole rings is 1. The molecule has 4 aromatic rings. The number of aromatic nitrogens is 2. The van der Waals surface area contributed by atoms with E-state index in [1.165, 1.54) is 6.08 Å². The number of rotatable bonds is 5. The van der Waals surface area contributed by atoms with Gasteiger partial charge in [-0.25, -0.2) is 4.98 Å². The van der Waals surface area contributed by atoms with Crippen LogP contribution in [0.5, 0.6) is 11.5 Å². The molecule has 1 N–H and O–H groups in total. The van der Waals surface area contributed by atoms with Gasteiger partial charge in [-0.15, -0.1) is 11.3 Å². The summed E-state index contributed by atoms with van der Waals surface area (Å²) in [6.45, 7) is 1.08. The quantitative estimate of drug-likeness (QED) is 0.426. The first-order valence-electron chi connectivity index (χ1n) is 10.1. The summed E-state index contributed by atoms with van der Waals surface area (Å²) in [7, 11) is 0. The maximum Gasteiger partial charge on any atom is 0.248 e. The number of ether oxygens (including phenoxy) is 2. The minimum atomic E-state index is -0.215. The van der Waals surface area contributed by atoms with Gasteiger partial charge < -0.3 is 14.8 Å². The van der Waals surface area contributed by atoms with Gasteiger partial charge in [0.15, 0.2) is 11.5 Å². The smallest absolute Gasteiger partial charge is 0.248 e. The van der Waals surface area contributed by atoms with Gasteiger partial charge in [0.25, 0.3) is 0 Å². The van der Waals surface area contributed by atoms with Gasteiger partial charge in [-0.1, -0.05) is 18.2 Å². The Bertz CT molecular complexity index is 1280. The molecule has 0 radical (unpaired) electrons. The molecule has 1 amide bonds. The number of pyridine rings is 1. The summed E-state index contributed by atoms with van der Waals surface area (Å²) in [5.41, 5.74) is 4.41. The number of amides is 1. The molecule has 0 fully saturated rings. The first kappa shape index (κ1) is 20.0. The lowest BCUT2D eigenvalue weighted by Gasteiger charge is -2.18. The topological polar surface area (TPSA) is 73.3 Å². The molecule has 6 nitrogen and oxygen atoms in total. The number of nitrogens with one attached hydrogen (secondary N) is 1. The fourth-order valence-electron chi connectivity index (χ4n) is 3.31. The van der Waals surface area contributed by atoms with Crippen LogP contribution < -0.4 is 14.8 Å². The average Bonchev–Trinajstić information content (AvgIpc) is 3.34. The monoisotopic (exact) mass is 441 g/mol. The highest BCUT2D eigenvalue weighted by Gasteiger charge is 2.11. The third kappa shape index (κ3) is 4.53. The van der Waals surface area contributed by atoms with Crippen LogP contribution in [0.3, 0.4) is 0 Å². The van der Waals surface area contributed by atoms with Gasteiger partial charge in [0.05, 0.1) is 5.69 Å². The lowest BCUT2D eigenvalue weighted by Crippen LogP contribution is -2.15. The highest BCUT2D eigenvalue weighted by Crippen LogP contribution is 2.31. The molecule has 7 heteroatoms. The highest BCUT2D eigenvalue weighted by atomic mass is 32.1. The molecule has 3 heterocycles. The normalized spacial score (nSPS) is 12.6. The first-order chi connectivity index (χ1) is 15.7. The number of nitrogens with zero attached hydrogens (tertiary/aromatic N) is 2. The van der Waals surface area contributed by atoms with Crippen molar-refractivity contribution in [1.82, 2.24) is 9.97 Å². The summed E-state index contributed by atoms with van der Waals surface area (Å²) in [5.74, 6) is 1.21. The number of carbonyl (C=O) groups is 1. The molecular formula is C25H19N3O3S. The number of hydrogen-bond acceptors (Lipinski definition) is 6. The number of carbonyl (C=O) groups excluding carboxylic acids is 1. The lowest BCUT2D eigenvalue weighted by molar-refractivity contribution is -0.111. The third-order valence-electron chi connectivity index (χ3n) is 4.85. The standard InChI is InChI=1S/C25H19N3O3S/c29-24(7-5-17-4-6-22-23(14-17)31-13-12-30-22)27-20-3-1-2-19(15-20)21-16-32-25(28-21)18-8-10-26-11-9-18/h1-11,14-16H,12-13H2,(H,27,29)/b7-5-. The average molecular weight is 442 g/mol. The molecule has 0 saturated carbocycles. The molecule has 0 saturated heterocycles. The highest BCUT2D eigenvalue weighted by molar-refractivity contribution is 7.13. The van der Waals surface area contributed by atoms with Crippen molar-refractivity contribution in [1.29, 1.82) is 0 Å². The zero-order valence-corrected chi connectivity index (χ0v) is 17.8. The minimum Gasteiger partial charge on any atom is -0.486 e. The van der Waals surface area contributed by atoms with Gasteiger partial charge in [-0.2, -0.15) is 0 Å². The molecular weight excluding hydrogens is 422 g/mol. The van der Waals surface area contributed by atoms with Crippen LogP contribution >= 0.6 is 11.3 Å². The molecule has 2 aromatic heterocycles. The fraction of sp³-hybridized carbons (Fsp3) is 0.0800. The van der Waals surface area contributed by atoms with Crippen molar-refractivity contribution in [2.24, 2.45) is 0 Å². The van der Waals surface area contributed by atoms with E-state index in [0.29, 0.717) is 24.7 Å². The van der Waals surface area contributed by atoms with Gasteiger partial charge in [0, 0.05) is 40.7 Å². The summed E-state index contributed by atoms with van der Waals surface area (Å²) < 4.78 is 11.1. The molecule has 0 unspecified atom stereocenters. The Balaban J connectivity index is 1.27. The van der Waals surface area contributed by atoms with E-state index >= 15 is 0 Å². The van der Waals surface area contributed by atoms with Crippen molar-refractivity contribution in [3.05, 3.63) is 84.0 Å². The molecule has 32 heavy (non-hydrogen) atoms. The van der Waals surface area contributed by atoms with Crippen LogP contribution in [0.15, 0.2) is 78.4 Å². The van der Waals surface area contributed by atoms with E-state index in [9.17, 15) is 4.79 Å². The van der Waals surface area contributed by atoms with Crippen molar-refractivity contribution in [3.63, 3.8) is 0 Å². The zero-order valence-electron chi connectivity index (χ0n) is 17.0. The summed E-state index contributed by atoms with van der Waals surface area (Å²) in [6, 6.07) is 17.1. The van der Waals surface area contributed by atoms with E-state index < -0.39 is 0 Å². The van der Waals surface area contributed by atoms with Crippen molar-refractivity contribution < 1.29 is 14.3 Å². The molecule has 0 aliphatic carbocycles. The van der Waals surface area contributed by atoms with Crippen LogP contribution in [0.4, 0.5) is 5.69 Å². The van der Waals surface area contributed by atoms with Crippen molar-refractivity contribution in [3.8, 4) is 33.3 Å². The van der Waals surface area contributed by atoms with Crippen molar-refractivity contribution >= 4 is 29.0 Å². The SMILES string of the molecule is O=C(/C=C\c1ccc2c(c1)OCCO2)Nc1cccc(-c2csc(-c3ccncc3)n2)c1. The maximum absolute atomic E-state index is 12.4. The second-order valence-electron chi connectivity index (χ2n) is 7.08. The van der Waals surface area contributed by atoms with Gasteiger partial charge in [-0.3, -0.25) is 9.78 Å². The fourth-order valence-corrected chi connectivity index (χ4v) is 4.14. The Morgan fingerprint density at radius 2 is 1.81 bits per heavy atom. The van der Waals surface area contributed by atoms with Crippen LogP contribution in [0.25, 0.3) is 27.9 Å². The van der Waals surface area contributed by atoms with E-state index in [0.717, 1.165) is 33.1 Å². The van der Waals surface area contributed by atoms with Gasteiger partial charge >= 0.3 is 0 Å². The Morgan fingerprint density at radius 3 is 2.69 bits per heavy atom. The van der Waals surface area contributed by atoms with E-state index in [4.69, 9.17) is 14.5 Å². The largest absolute Gasteiger partial charge is 0.486 e. The third-order valence-corrected chi connectivity index (χ3v) is 5.74. The lowest BCUT2D eigenvalue weighted by atomic mass is 10.1. The molecule has 1 aliphatic rings. The van der Waals surface area contributed by atoms with E-state index in [2.05, 4.69) is 10.3 Å². The maximum atomic E-state index is 12.4. The van der Waals surface area contributed by atoms with Crippen LogP contribution in [-0.2, 0) is 4.79 Å². The summed E-state index contributed by atoms with van der Waals surface area (Å²) in [5, 5.41) is 5.85. The number of benzene rings is 2. The van der Waals surface area contributed by atoms with Crippen LogP contribution in [0, 0.1) is 0 Å². The molecule has 0 spiro atoms. The Kier molecular flexibility index (Phi) is 5.63. The summed E-state index contributed by atoms with van der Waals surface area (Å²) in [4.78, 5) is 21.2. The van der Waals surface area contributed by atoms with Gasteiger partial charge in [-0.05, 0) is 48.0 Å². The number of hydrogen-bond donors (Lipinski definition) is 1. The van der Waals surface area contributed by atoms with Crippen LogP contribution in [-0.4, -0.2) is 29.1 Å². The predicted octanol–water partition coefficient (Wildman–Crippen LogP) is 5.30. The Labute approximate surface area is 189 Å². The van der Waals surface area contributed by atoms with Crippen LogP contribution in [0.2, 0.25) is 0 Å². The number of fused-ring (bicyclic) bond motifs is 1. The Hall–Kier alpha value is -3.97. The second kappa shape index (κ2) is 9.03. The molecule has 0 bridgehead atoms. The molecule has 2 aromatic carbocycles. The molecule has 5 rings (SSSR count). The molecule has 1 aliphatic heterocycles. The second-order valence-corrected chi connectivity index (χ2v) is 7.94. The van der Waals surface area contributed by atoms with E-state index in [1.54, 1.807) is 29.8 Å². The zero-order chi connectivity index (χ0) is 21.8. The van der Waals surface area contributed by atoms with Gasteiger partial charge in [0.1, 0.15) is 18.2 Å². The number of anilines is 1. The summed E-state index contributed by atoms with van der Waals surface area (Å²) in [6.07, 6.45) is 6.76. The molecule has 0 atom stereocenters. The van der Waals surface area contributed by atoms with Gasteiger partial charge in [0.2, 0.25) is 5.91 Å². The first-order valence-corrected chi connectivity index (χ1v) is 11.0. The van der Waals surface area contributed by atoms with E-state index in [1.807, 2.05) is 60.0 Å². The minimum absolute atomic E-state index is 0.215.